The first-order valence-electron chi connectivity index (χ1n) is 6.06. The lowest BCUT2D eigenvalue weighted by Gasteiger charge is -2.20. The zero-order valence-electron chi connectivity index (χ0n) is 10.6. The molecule has 1 aromatic carbocycles. The van der Waals surface area contributed by atoms with Gasteiger partial charge in [-0.3, -0.25) is 4.79 Å². The Hall–Kier alpha value is -2.28. The molecule has 7 nitrogen and oxygen atoms in total. The first-order chi connectivity index (χ1) is 9.24. The van der Waals surface area contributed by atoms with E-state index in [0.717, 1.165) is 11.3 Å². The maximum absolute atomic E-state index is 12.2. The fourth-order valence-electron chi connectivity index (χ4n) is 2.16. The van der Waals surface area contributed by atoms with Gasteiger partial charge in [0.2, 0.25) is 5.91 Å². The van der Waals surface area contributed by atoms with E-state index in [-0.39, 0.29) is 5.91 Å². The van der Waals surface area contributed by atoms with E-state index >= 15 is 0 Å². The van der Waals surface area contributed by atoms with Crippen molar-refractivity contribution < 1.29 is 4.79 Å². The Bertz CT molecular complexity index is 608. The zero-order valence-corrected chi connectivity index (χ0v) is 10.6. The van der Waals surface area contributed by atoms with E-state index < -0.39 is 0 Å². The molecule has 0 fully saturated rings. The van der Waals surface area contributed by atoms with Crippen molar-refractivity contribution in [2.75, 3.05) is 11.4 Å². The molecule has 1 N–H and O–H groups in total. The summed E-state index contributed by atoms with van der Waals surface area (Å²) in [4.78, 5) is 15.3. The summed E-state index contributed by atoms with van der Waals surface area (Å²) < 4.78 is 0. The molecule has 0 radical (unpaired) electrons. The van der Waals surface area contributed by atoms with Gasteiger partial charge in [0.25, 0.3) is 0 Å². The number of nitrogens with one attached hydrogen (secondary N) is 1. The van der Waals surface area contributed by atoms with Gasteiger partial charge in [-0.2, -0.15) is 4.80 Å². The number of rotatable bonds is 2. The molecule has 0 atom stereocenters. The molecular formula is C12H14N6O. The number of carbonyl (C=O) groups is 1. The maximum Gasteiger partial charge on any atom is 0.241 e. The van der Waals surface area contributed by atoms with Crippen LogP contribution < -0.4 is 10.2 Å². The van der Waals surface area contributed by atoms with Gasteiger partial charge in [-0.25, -0.2) is 0 Å². The first-order valence-corrected chi connectivity index (χ1v) is 6.06. The lowest BCUT2D eigenvalue weighted by molar-refractivity contribution is -0.117. The molecule has 0 bridgehead atoms. The molecule has 0 unspecified atom stereocenters. The van der Waals surface area contributed by atoms with E-state index in [1.54, 1.807) is 11.9 Å². The van der Waals surface area contributed by atoms with E-state index in [1.165, 1.54) is 4.80 Å². The number of aromatic nitrogens is 4. The van der Waals surface area contributed by atoms with Crippen LogP contribution in [0.5, 0.6) is 0 Å². The Labute approximate surface area is 110 Å². The summed E-state index contributed by atoms with van der Waals surface area (Å²) >= 11 is 0. The predicted molar refractivity (Wildman–Crippen MR) is 68.1 cm³/mol. The fraction of sp³-hybridized carbons (Fsp3) is 0.333. The molecule has 0 aliphatic carbocycles. The number of para-hydroxylation sites is 1. The first kappa shape index (κ1) is 11.8. The molecule has 2 aromatic rings. The van der Waals surface area contributed by atoms with Crippen molar-refractivity contribution in [1.82, 2.24) is 25.5 Å². The Morgan fingerprint density at radius 3 is 2.95 bits per heavy atom. The Balaban J connectivity index is 1.95. The highest BCUT2D eigenvalue weighted by molar-refractivity contribution is 5.96. The van der Waals surface area contributed by atoms with E-state index in [2.05, 4.69) is 20.7 Å². The summed E-state index contributed by atoms with van der Waals surface area (Å²) in [6, 6.07) is 7.85. The van der Waals surface area contributed by atoms with Crippen LogP contribution in [-0.4, -0.2) is 32.7 Å². The van der Waals surface area contributed by atoms with Gasteiger partial charge in [0.05, 0.1) is 20.1 Å². The van der Waals surface area contributed by atoms with Crippen LogP contribution in [-0.2, 0) is 24.9 Å². The van der Waals surface area contributed by atoms with Crippen LogP contribution in [0.15, 0.2) is 24.3 Å². The van der Waals surface area contributed by atoms with Gasteiger partial charge in [0.15, 0.2) is 5.82 Å². The van der Waals surface area contributed by atoms with Crippen molar-refractivity contribution in [3.8, 4) is 0 Å². The van der Waals surface area contributed by atoms with Gasteiger partial charge in [-0.05, 0) is 16.8 Å². The van der Waals surface area contributed by atoms with Crippen molar-refractivity contribution in [2.24, 2.45) is 7.05 Å². The average molecular weight is 258 g/mol. The van der Waals surface area contributed by atoms with Gasteiger partial charge in [0, 0.05) is 12.2 Å². The number of amides is 1. The monoisotopic (exact) mass is 258 g/mol. The molecule has 0 saturated heterocycles. The van der Waals surface area contributed by atoms with Crippen molar-refractivity contribution in [3.05, 3.63) is 35.7 Å². The molecule has 0 saturated carbocycles. The van der Waals surface area contributed by atoms with Crippen LogP contribution in [0.3, 0.4) is 0 Å². The van der Waals surface area contributed by atoms with Crippen LogP contribution in [0, 0.1) is 0 Å². The second kappa shape index (κ2) is 4.77. The number of benzene rings is 1. The van der Waals surface area contributed by atoms with Gasteiger partial charge in [-0.15, -0.1) is 10.2 Å². The molecule has 0 spiro atoms. The Morgan fingerprint density at radius 2 is 2.16 bits per heavy atom. The standard InChI is InChI=1S/C12H14N6O/c1-17-15-11(14-16-17)8-18-10-5-3-2-4-9(10)6-13-7-12(18)19/h2-5,13H,6-8H2,1H3. The number of hydrogen-bond acceptors (Lipinski definition) is 5. The van der Waals surface area contributed by atoms with Gasteiger partial charge < -0.3 is 10.2 Å². The summed E-state index contributed by atoms with van der Waals surface area (Å²) in [5, 5.41) is 15.0. The molecule has 7 heteroatoms. The maximum atomic E-state index is 12.2. The Kier molecular flexibility index (Phi) is 2.96. The number of nitrogens with zero attached hydrogens (tertiary/aromatic N) is 5. The van der Waals surface area contributed by atoms with Crippen molar-refractivity contribution in [1.29, 1.82) is 0 Å². The van der Waals surface area contributed by atoms with Crippen LogP contribution in [0.4, 0.5) is 5.69 Å². The summed E-state index contributed by atoms with van der Waals surface area (Å²) in [7, 11) is 1.70. The number of hydrogen-bond donors (Lipinski definition) is 1. The molecule has 3 rings (SSSR count). The summed E-state index contributed by atoms with van der Waals surface area (Å²) in [6.07, 6.45) is 0. The molecule has 1 aliphatic rings. The third-order valence-electron chi connectivity index (χ3n) is 3.02. The smallest absolute Gasteiger partial charge is 0.241 e. The summed E-state index contributed by atoms with van der Waals surface area (Å²) in [5.41, 5.74) is 2.00. The molecule has 2 heterocycles. The SMILES string of the molecule is Cn1nnc(CN2C(=O)CNCc3ccccc32)n1. The average Bonchev–Trinajstić information content (AvgIpc) is 2.75. The van der Waals surface area contributed by atoms with E-state index in [0.29, 0.717) is 25.5 Å². The quantitative estimate of drug-likeness (QED) is 0.810. The number of aryl methyl sites for hydroxylation is 1. The molecule has 1 aromatic heterocycles. The summed E-state index contributed by atoms with van der Waals surface area (Å²) in [5.74, 6) is 0.546. The highest BCUT2D eigenvalue weighted by atomic mass is 16.2. The Morgan fingerprint density at radius 1 is 1.32 bits per heavy atom. The predicted octanol–water partition coefficient (Wildman–Crippen LogP) is -0.153. The number of anilines is 1. The van der Waals surface area contributed by atoms with E-state index in [4.69, 9.17) is 0 Å². The van der Waals surface area contributed by atoms with Crippen molar-refractivity contribution in [3.63, 3.8) is 0 Å². The minimum Gasteiger partial charge on any atom is -0.304 e. The van der Waals surface area contributed by atoms with Crippen LogP contribution in [0.1, 0.15) is 11.4 Å². The van der Waals surface area contributed by atoms with E-state index in [1.807, 2.05) is 24.3 Å². The third kappa shape index (κ3) is 2.32. The number of fused-ring (bicyclic) bond motifs is 1. The van der Waals surface area contributed by atoms with Crippen LogP contribution in [0.2, 0.25) is 0 Å². The van der Waals surface area contributed by atoms with Crippen molar-refractivity contribution in [2.45, 2.75) is 13.1 Å². The van der Waals surface area contributed by atoms with Crippen molar-refractivity contribution >= 4 is 11.6 Å². The second-order valence-corrected chi connectivity index (χ2v) is 4.41. The second-order valence-electron chi connectivity index (χ2n) is 4.41. The normalized spacial score (nSPS) is 15.2. The lowest BCUT2D eigenvalue weighted by Crippen LogP contribution is -2.35. The zero-order chi connectivity index (χ0) is 13.2. The van der Waals surface area contributed by atoms with Gasteiger partial charge >= 0.3 is 0 Å². The largest absolute Gasteiger partial charge is 0.304 e. The minimum absolute atomic E-state index is 0.0115. The lowest BCUT2D eigenvalue weighted by atomic mass is 10.1. The van der Waals surface area contributed by atoms with Gasteiger partial charge in [0.1, 0.15) is 0 Å². The van der Waals surface area contributed by atoms with Gasteiger partial charge in [-0.1, -0.05) is 18.2 Å². The van der Waals surface area contributed by atoms with E-state index in [9.17, 15) is 4.79 Å². The van der Waals surface area contributed by atoms with Crippen LogP contribution in [0.25, 0.3) is 0 Å². The molecule has 19 heavy (non-hydrogen) atoms. The molecule has 1 aliphatic heterocycles. The molecule has 1 amide bonds. The third-order valence-corrected chi connectivity index (χ3v) is 3.02. The van der Waals surface area contributed by atoms with Crippen LogP contribution >= 0.6 is 0 Å². The number of carbonyl (C=O) groups excluding carboxylic acids is 1. The minimum atomic E-state index is 0.0115. The topological polar surface area (TPSA) is 75.9 Å². The number of tetrazole rings is 1. The molecule has 98 valence electrons. The summed E-state index contributed by atoms with van der Waals surface area (Å²) in [6.45, 7) is 1.34. The molecular weight excluding hydrogens is 244 g/mol. The highest BCUT2D eigenvalue weighted by Crippen LogP contribution is 2.23. The highest BCUT2D eigenvalue weighted by Gasteiger charge is 2.23. The fourth-order valence-corrected chi connectivity index (χ4v) is 2.16.